The van der Waals surface area contributed by atoms with Crippen molar-refractivity contribution in [1.82, 2.24) is 0 Å². The van der Waals surface area contributed by atoms with Crippen LogP contribution in [0.15, 0.2) is 0 Å². The molecule has 148 valence electrons. The smallest absolute Gasteiger partial charge is 0.338 e. The summed E-state index contributed by atoms with van der Waals surface area (Å²) in [6.07, 6.45) is 6.02. The zero-order valence-electron chi connectivity index (χ0n) is 16.9. The Morgan fingerprint density at radius 3 is 1.44 bits per heavy atom. The molecule has 0 spiro atoms. The monoisotopic (exact) mass is 358 g/mol. The van der Waals surface area contributed by atoms with Gasteiger partial charge in [-0.1, -0.05) is 32.1 Å². The summed E-state index contributed by atoms with van der Waals surface area (Å²) < 4.78 is 10.7. The molecule has 0 aromatic rings. The number of unbranched alkanes of at least 4 members (excludes halogenated alkanes) is 5. The van der Waals surface area contributed by atoms with Crippen LogP contribution in [0.2, 0.25) is 0 Å². The Balaban J connectivity index is 4.84. The quantitative estimate of drug-likeness (QED) is 0.353. The third kappa shape index (κ3) is 10.4. The average Bonchev–Trinajstić information content (AvgIpc) is 2.42. The molecule has 0 saturated heterocycles. The van der Waals surface area contributed by atoms with Gasteiger partial charge in [-0.15, -0.1) is 0 Å². The highest BCUT2D eigenvalue weighted by Gasteiger charge is 2.47. The lowest BCUT2D eigenvalue weighted by Gasteiger charge is -2.32. The fraction of sp³-hybridized carbons (Fsp3) is 0.895. The summed E-state index contributed by atoms with van der Waals surface area (Å²) in [6.45, 7) is 11.2. The molecule has 0 aliphatic carbocycles. The van der Waals surface area contributed by atoms with Gasteiger partial charge in [0.25, 0.3) is 0 Å². The molecule has 0 atom stereocenters. The van der Waals surface area contributed by atoms with Crippen molar-refractivity contribution in [3.63, 3.8) is 0 Å². The number of nitrogens with two attached hydrogens (primary N) is 2. The Morgan fingerprint density at radius 1 is 0.720 bits per heavy atom. The van der Waals surface area contributed by atoms with Crippen molar-refractivity contribution in [2.75, 3.05) is 6.54 Å². The summed E-state index contributed by atoms with van der Waals surface area (Å²) in [5.41, 5.74) is 8.47. The van der Waals surface area contributed by atoms with Crippen LogP contribution < -0.4 is 11.5 Å². The van der Waals surface area contributed by atoms with Crippen LogP contribution >= 0.6 is 0 Å². The van der Waals surface area contributed by atoms with E-state index in [1.165, 1.54) is 0 Å². The Hall–Kier alpha value is -1.14. The third-order valence-electron chi connectivity index (χ3n) is 3.55. The van der Waals surface area contributed by atoms with Gasteiger partial charge in [0, 0.05) is 0 Å². The van der Waals surface area contributed by atoms with Gasteiger partial charge in [-0.2, -0.15) is 0 Å². The van der Waals surface area contributed by atoms with Gasteiger partial charge in [-0.05, 0) is 60.9 Å². The lowest BCUT2D eigenvalue weighted by atomic mass is 9.92. The van der Waals surface area contributed by atoms with Crippen molar-refractivity contribution in [3.05, 3.63) is 0 Å². The first kappa shape index (κ1) is 23.9. The highest BCUT2D eigenvalue weighted by Crippen LogP contribution is 2.23. The van der Waals surface area contributed by atoms with Crippen molar-refractivity contribution in [1.29, 1.82) is 0 Å². The van der Waals surface area contributed by atoms with Crippen LogP contribution in [-0.2, 0) is 19.1 Å². The molecule has 0 rings (SSSR count). The minimum absolute atomic E-state index is 0.216. The Morgan fingerprint density at radius 2 is 1.08 bits per heavy atom. The predicted molar refractivity (Wildman–Crippen MR) is 100.0 cm³/mol. The first-order valence-electron chi connectivity index (χ1n) is 9.28. The first-order chi connectivity index (χ1) is 11.3. The van der Waals surface area contributed by atoms with E-state index in [4.69, 9.17) is 20.9 Å². The lowest BCUT2D eigenvalue weighted by molar-refractivity contribution is -0.177. The molecule has 0 amide bonds. The Bertz CT molecular complexity index is 394. The lowest BCUT2D eigenvalue weighted by Crippen LogP contribution is -2.59. The molecule has 0 heterocycles. The zero-order valence-corrected chi connectivity index (χ0v) is 16.9. The van der Waals surface area contributed by atoms with E-state index < -0.39 is 28.7 Å². The first-order valence-corrected chi connectivity index (χ1v) is 9.28. The number of carbonyl (C=O) groups is 2. The number of hydrogen-bond donors (Lipinski definition) is 2. The van der Waals surface area contributed by atoms with E-state index in [1.807, 2.05) is 0 Å². The van der Waals surface area contributed by atoms with Crippen molar-refractivity contribution >= 4 is 11.9 Å². The normalized spacial score (nSPS) is 12.8. The molecule has 0 aliphatic rings. The maximum Gasteiger partial charge on any atom is 0.338 e. The molecule has 0 fully saturated rings. The predicted octanol–water partition coefficient (Wildman–Crippen LogP) is 3.06. The average molecular weight is 359 g/mol. The van der Waals surface area contributed by atoms with Crippen LogP contribution in [0.3, 0.4) is 0 Å². The van der Waals surface area contributed by atoms with Gasteiger partial charge in [-0.25, -0.2) is 9.59 Å². The van der Waals surface area contributed by atoms with E-state index in [9.17, 15) is 9.59 Å². The van der Waals surface area contributed by atoms with Gasteiger partial charge in [-0.3, -0.25) is 0 Å². The van der Waals surface area contributed by atoms with Crippen LogP contribution in [0.5, 0.6) is 0 Å². The Kier molecular flexibility index (Phi) is 9.66. The molecule has 6 nitrogen and oxygen atoms in total. The van der Waals surface area contributed by atoms with Gasteiger partial charge in [0.15, 0.2) is 0 Å². The Labute approximate surface area is 153 Å². The zero-order chi connectivity index (χ0) is 19.7. The summed E-state index contributed by atoms with van der Waals surface area (Å²) in [5.74, 6) is -1.45. The molecule has 4 N–H and O–H groups in total. The number of esters is 2. The van der Waals surface area contributed by atoms with Crippen LogP contribution in [-0.4, -0.2) is 35.2 Å². The van der Waals surface area contributed by atoms with E-state index in [0.717, 1.165) is 32.1 Å². The van der Waals surface area contributed by atoms with E-state index in [-0.39, 0.29) is 6.42 Å². The van der Waals surface area contributed by atoms with Crippen LogP contribution in [0.4, 0.5) is 0 Å². The number of carbonyl (C=O) groups excluding carboxylic acids is 2. The summed E-state index contributed by atoms with van der Waals surface area (Å²) >= 11 is 0. The molecular formula is C19H38N2O4. The molecule has 0 radical (unpaired) electrons. The standard InChI is InChI=1S/C19H38N2O4/c1-17(2,3)24-15(22)19(21,16(23)25-18(4,5)6)13-11-9-7-8-10-12-14-20/h7-14,20-21H2,1-6H3. The van der Waals surface area contributed by atoms with Crippen LogP contribution in [0.1, 0.15) is 86.5 Å². The number of hydrogen-bond acceptors (Lipinski definition) is 6. The molecule has 6 heteroatoms. The van der Waals surface area contributed by atoms with E-state index in [2.05, 4.69) is 0 Å². The number of ether oxygens (including phenoxy) is 2. The van der Waals surface area contributed by atoms with Crippen molar-refractivity contribution in [3.8, 4) is 0 Å². The van der Waals surface area contributed by atoms with E-state index in [1.54, 1.807) is 41.5 Å². The molecular weight excluding hydrogens is 320 g/mol. The van der Waals surface area contributed by atoms with Gasteiger partial charge in [0.05, 0.1) is 0 Å². The minimum Gasteiger partial charge on any atom is -0.458 e. The second-order valence-electron chi connectivity index (χ2n) is 8.64. The summed E-state index contributed by atoms with van der Waals surface area (Å²) in [5, 5.41) is 0. The molecule has 0 aromatic carbocycles. The maximum absolute atomic E-state index is 12.6. The molecule has 0 unspecified atom stereocenters. The summed E-state index contributed by atoms with van der Waals surface area (Å²) in [7, 11) is 0. The fourth-order valence-corrected chi connectivity index (χ4v) is 2.28. The SMILES string of the molecule is CC(C)(C)OC(=O)C(N)(CCCCCCCCN)C(=O)OC(C)(C)C. The molecule has 0 saturated carbocycles. The van der Waals surface area contributed by atoms with Crippen molar-refractivity contribution < 1.29 is 19.1 Å². The molecule has 0 aliphatic heterocycles. The highest BCUT2D eigenvalue weighted by molar-refractivity contribution is 6.04. The largest absolute Gasteiger partial charge is 0.458 e. The van der Waals surface area contributed by atoms with Crippen LogP contribution in [0, 0.1) is 0 Å². The van der Waals surface area contributed by atoms with Crippen LogP contribution in [0.25, 0.3) is 0 Å². The fourth-order valence-electron chi connectivity index (χ4n) is 2.28. The second-order valence-corrected chi connectivity index (χ2v) is 8.64. The van der Waals surface area contributed by atoms with Gasteiger partial charge < -0.3 is 20.9 Å². The molecule has 0 bridgehead atoms. The van der Waals surface area contributed by atoms with Gasteiger partial charge in [0.2, 0.25) is 5.54 Å². The molecule has 0 aromatic heterocycles. The summed E-state index contributed by atoms with van der Waals surface area (Å²) in [4.78, 5) is 25.1. The van der Waals surface area contributed by atoms with E-state index in [0.29, 0.717) is 13.0 Å². The third-order valence-corrected chi connectivity index (χ3v) is 3.55. The highest BCUT2D eigenvalue weighted by atomic mass is 16.6. The van der Waals surface area contributed by atoms with E-state index >= 15 is 0 Å². The topological polar surface area (TPSA) is 105 Å². The molecule has 25 heavy (non-hydrogen) atoms. The minimum atomic E-state index is -1.77. The van der Waals surface area contributed by atoms with Gasteiger partial charge >= 0.3 is 11.9 Å². The maximum atomic E-state index is 12.6. The van der Waals surface area contributed by atoms with Crippen molar-refractivity contribution in [2.45, 2.75) is 103 Å². The number of rotatable bonds is 10. The van der Waals surface area contributed by atoms with Crippen molar-refractivity contribution in [2.24, 2.45) is 11.5 Å². The van der Waals surface area contributed by atoms with Gasteiger partial charge in [0.1, 0.15) is 11.2 Å². The summed E-state index contributed by atoms with van der Waals surface area (Å²) in [6, 6.07) is 0. The second kappa shape index (κ2) is 10.1.